The Hall–Kier alpha value is -3.13. The Morgan fingerprint density at radius 3 is 2.92 bits per heavy atom. The van der Waals surface area contributed by atoms with Crippen molar-refractivity contribution in [1.82, 2.24) is 10.4 Å². The van der Waals surface area contributed by atoms with Crippen molar-refractivity contribution in [3.63, 3.8) is 0 Å². The summed E-state index contributed by atoms with van der Waals surface area (Å²) < 4.78 is 5.68. The first-order valence-corrected chi connectivity index (χ1v) is 8.37. The third-order valence-electron chi connectivity index (χ3n) is 4.41. The van der Waals surface area contributed by atoms with Crippen molar-refractivity contribution in [2.45, 2.75) is 31.4 Å². The van der Waals surface area contributed by atoms with Gasteiger partial charge in [-0.2, -0.15) is 0 Å². The van der Waals surface area contributed by atoms with Crippen LogP contribution in [0, 0.1) is 0 Å². The number of H-pyrrole nitrogens is 1. The van der Waals surface area contributed by atoms with Crippen LogP contribution >= 0.6 is 0 Å². The molecule has 0 radical (unpaired) electrons. The molecule has 5 N–H and O–H groups in total. The molecule has 0 saturated heterocycles. The number of carboxylic acid groups (broad SMARTS) is 1. The molecule has 2 aliphatic rings. The molecule has 134 valence electrons. The molecule has 1 aliphatic carbocycles. The number of fused-ring (bicyclic) bond motifs is 1. The molecular formula is C18H18N4O4. The smallest absolute Gasteiger partial charge is 0.320 e. The fourth-order valence-corrected chi connectivity index (χ4v) is 2.90. The van der Waals surface area contributed by atoms with Crippen molar-refractivity contribution in [2.24, 2.45) is 10.8 Å². The van der Waals surface area contributed by atoms with Crippen LogP contribution in [0.5, 0.6) is 0 Å². The maximum atomic E-state index is 12.1. The van der Waals surface area contributed by atoms with E-state index in [1.165, 1.54) is 0 Å². The number of rotatable bonds is 5. The van der Waals surface area contributed by atoms with Crippen LogP contribution in [0.15, 0.2) is 34.9 Å². The van der Waals surface area contributed by atoms with E-state index in [9.17, 15) is 9.59 Å². The lowest BCUT2D eigenvalue weighted by molar-refractivity contribution is -0.138. The number of hydrogen-bond donors (Lipinski definition) is 4. The third-order valence-corrected chi connectivity index (χ3v) is 4.41. The summed E-state index contributed by atoms with van der Waals surface area (Å²) in [6, 6.07) is 6.48. The number of nitrogens with two attached hydrogens (primary N) is 1. The van der Waals surface area contributed by atoms with Gasteiger partial charge >= 0.3 is 5.97 Å². The summed E-state index contributed by atoms with van der Waals surface area (Å²) in [5, 5.41) is 14.0. The molecule has 8 heteroatoms. The standard InChI is InChI=1S/C18H18N4O4/c19-13(18(24)25)7-11-10-3-1-2-4-14(10)20-15(11)8-12-16(23)21-22-17(12)26-9-5-6-9/h1-4,8-9,13,20H,5-7,19H2,(H,21,23)(H,24,25). The highest BCUT2D eigenvalue weighted by atomic mass is 16.5. The second-order valence-corrected chi connectivity index (χ2v) is 6.44. The predicted molar refractivity (Wildman–Crippen MR) is 95.3 cm³/mol. The van der Waals surface area contributed by atoms with Crippen LogP contribution in [0.3, 0.4) is 0 Å². The highest BCUT2D eigenvalue weighted by molar-refractivity contribution is 6.24. The second kappa shape index (κ2) is 6.30. The number of amides is 1. The first-order chi connectivity index (χ1) is 12.5. The predicted octanol–water partition coefficient (Wildman–Crippen LogP) is 1.13. The van der Waals surface area contributed by atoms with Gasteiger partial charge in [-0.25, -0.2) is 5.43 Å². The third kappa shape index (κ3) is 3.06. The number of aromatic nitrogens is 1. The zero-order valence-corrected chi connectivity index (χ0v) is 13.9. The summed E-state index contributed by atoms with van der Waals surface area (Å²) in [5.74, 6) is -1.16. The topological polar surface area (TPSA) is 130 Å². The van der Waals surface area contributed by atoms with Crippen LogP contribution in [0.25, 0.3) is 17.0 Å². The number of nitrogens with one attached hydrogen (secondary N) is 2. The lowest BCUT2D eigenvalue weighted by Crippen LogP contribution is -2.32. The van der Waals surface area contributed by atoms with E-state index in [4.69, 9.17) is 15.6 Å². The molecule has 8 nitrogen and oxygen atoms in total. The Morgan fingerprint density at radius 1 is 1.42 bits per heavy atom. The average Bonchev–Trinajstić information content (AvgIpc) is 3.29. The molecular weight excluding hydrogens is 336 g/mol. The first-order valence-electron chi connectivity index (χ1n) is 8.37. The highest BCUT2D eigenvalue weighted by Crippen LogP contribution is 2.29. The lowest BCUT2D eigenvalue weighted by atomic mass is 10.0. The van der Waals surface area contributed by atoms with E-state index in [0.29, 0.717) is 11.3 Å². The van der Waals surface area contributed by atoms with Crippen molar-refractivity contribution >= 4 is 34.8 Å². The number of hydrazone groups is 1. The maximum Gasteiger partial charge on any atom is 0.320 e. The summed E-state index contributed by atoms with van der Waals surface area (Å²) in [4.78, 5) is 26.6. The Balaban J connectivity index is 1.76. The van der Waals surface area contributed by atoms with Crippen molar-refractivity contribution in [1.29, 1.82) is 0 Å². The summed E-state index contributed by atoms with van der Waals surface area (Å²) in [6.07, 6.45) is 3.79. The number of nitrogens with zero attached hydrogens (tertiary/aromatic N) is 1. The minimum Gasteiger partial charge on any atom is -0.480 e. The van der Waals surface area contributed by atoms with E-state index in [1.54, 1.807) is 6.08 Å². The van der Waals surface area contributed by atoms with Gasteiger partial charge in [-0.1, -0.05) is 18.2 Å². The quantitative estimate of drug-likeness (QED) is 0.598. The molecule has 1 amide bonds. The van der Waals surface area contributed by atoms with Gasteiger partial charge in [-0.15, -0.1) is 5.10 Å². The van der Waals surface area contributed by atoms with Gasteiger partial charge in [0.2, 0.25) is 5.90 Å². The van der Waals surface area contributed by atoms with Gasteiger partial charge in [0.05, 0.1) is 0 Å². The van der Waals surface area contributed by atoms with E-state index in [-0.39, 0.29) is 24.3 Å². The number of para-hydroxylation sites is 1. The Kier molecular flexibility index (Phi) is 3.96. The summed E-state index contributed by atoms with van der Waals surface area (Å²) >= 11 is 0. The fraction of sp³-hybridized carbons (Fsp3) is 0.278. The zero-order valence-electron chi connectivity index (χ0n) is 13.9. The number of carboxylic acids is 1. The van der Waals surface area contributed by atoms with Crippen LogP contribution in [0.4, 0.5) is 0 Å². The van der Waals surface area contributed by atoms with E-state index < -0.39 is 12.0 Å². The van der Waals surface area contributed by atoms with E-state index in [1.807, 2.05) is 24.3 Å². The summed E-state index contributed by atoms with van der Waals surface area (Å²) in [5.41, 5.74) is 10.7. The molecule has 1 atom stereocenters. The zero-order chi connectivity index (χ0) is 18.3. The number of benzene rings is 1. The van der Waals surface area contributed by atoms with Gasteiger partial charge in [0.25, 0.3) is 5.91 Å². The van der Waals surface area contributed by atoms with Crippen LogP contribution < -0.4 is 11.2 Å². The van der Waals surface area contributed by atoms with Gasteiger partial charge in [-0.05, 0) is 30.5 Å². The minimum absolute atomic E-state index is 0.104. The number of ether oxygens (including phenoxy) is 1. The molecule has 0 bridgehead atoms. The molecule has 26 heavy (non-hydrogen) atoms. The summed E-state index contributed by atoms with van der Waals surface area (Å²) in [6.45, 7) is 0. The molecule has 1 saturated carbocycles. The SMILES string of the molecule is NC(Cc1c(C=C2C(=O)NN=C2OC2CC2)[nH]c2ccccc12)C(=O)O. The summed E-state index contributed by atoms with van der Waals surface area (Å²) in [7, 11) is 0. The van der Waals surface area contributed by atoms with Gasteiger partial charge in [0.15, 0.2) is 0 Å². The molecule has 2 aromatic rings. The van der Waals surface area contributed by atoms with E-state index in [2.05, 4.69) is 15.5 Å². The monoisotopic (exact) mass is 354 g/mol. The number of carbonyl (C=O) groups is 2. The van der Waals surface area contributed by atoms with Crippen LogP contribution in [-0.2, 0) is 20.7 Å². The van der Waals surface area contributed by atoms with E-state index >= 15 is 0 Å². The largest absolute Gasteiger partial charge is 0.480 e. The van der Waals surface area contributed by atoms with Crippen molar-refractivity contribution in [3.8, 4) is 0 Å². The van der Waals surface area contributed by atoms with Crippen LogP contribution in [-0.4, -0.2) is 40.0 Å². The van der Waals surface area contributed by atoms with Gasteiger partial charge in [0, 0.05) is 23.0 Å². The maximum absolute atomic E-state index is 12.1. The first kappa shape index (κ1) is 16.3. The second-order valence-electron chi connectivity index (χ2n) is 6.44. The number of aliphatic carboxylic acids is 1. The van der Waals surface area contributed by atoms with Crippen molar-refractivity contribution in [3.05, 3.63) is 41.1 Å². The molecule has 1 aliphatic heterocycles. The van der Waals surface area contributed by atoms with Crippen LogP contribution in [0.1, 0.15) is 24.1 Å². The fourth-order valence-electron chi connectivity index (χ4n) is 2.90. The lowest BCUT2D eigenvalue weighted by Gasteiger charge is -2.08. The molecule has 2 heterocycles. The Labute approximate surface area is 148 Å². The molecule has 4 rings (SSSR count). The normalized spacial score (nSPS) is 19.5. The van der Waals surface area contributed by atoms with Crippen LogP contribution in [0.2, 0.25) is 0 Å². The number of carbonyl (C=O) groups excluding carboxylic acids is 1. The van der Waals surface area contributed by atoms with E-state index in [0.717, 1.165) is 29.3 Å². The highest BCUT2D eigenvalue weighted by Gasteiger charge is 2.32. The molecule has 1 unspecified atom stereocenters. The Morgan fingerprint density at radius 2 is 2.19 bits per heavy atom. The van der Waals surface area contributed by atoms with Crippen molar-refractivity contribution < 1.29 is 19.4 Å². The van der Waals surface area contributed by atoms with Gasteiger partial charge in [-0.3, -0.25) is 9.59 Å². The number of hydrogen-bond acceptors (Lipinski definition) is 5. The molecule has 1 aromatic heterocycles. The number of aromatic amines is 1. The molecule has 1 aromatic carbocycles. The minimum atomic E-state index is -1.08. The average molecular weight is 354 g/mol. The van der Waals surface area contributed by atoms with Gasteiger partial charge in [0.1, 0.15) is 17.7 Å². The molecule has 0 spiro atoms. The Bertz CT molecular complexity index is 955. The van der Waals surface area contributed by atoms with Crippen molar-refractivity contribution in [2.75, 3.05) is 0 Å². The van der Waals surface area contributed by atoms with Gasteiger partial charge < -0.3 is 20.6 Å². The molecule has 1 fully saturated rings.